The Hall–Kier alpha value is -1.43. The first-order valence-corrected chi connectivity index (χ1v) is 7.06. The van der Waals surface area contributed by atoms with Crippen molar-refractivity contribution in [2.24, 2.45) is 11.7 Å². The van der Waals surface area contributed by atoms with Crippen molar-refractivity contribution in [2.45, 2.75) is 19.5 Å². The van der Waals surface area contributed by atoms with E-state index >= 15 is 0 Å². The van der Waals surface area contributed by atoms with Crippen molar-refractivity contribution in [3.63, 3.8) is 0 Å². The molecule has 1 aliphatic rings. The third-order valence-electron chi connectivity index (χ3n) is 3.67. The average molecular weight is 293 g/mol. The average Bonchev–Trinajstić information content (AvgIpc) is 2.99. The van der Waals surface area contributed by atoms with E-state index in [1.54, 1.807) is 0 Å². The summed E-state index contributed by atoms with van der Waals surface area (Å²) >= 11 is 5.86. The second kappa shape index (κ2) is 5.52. The highest BCUT2D eigenvalue weighted by Crippen LogP contribution is 2.21. The van der Waals surface area contributed by atoms with Crippen LogP contribution in [0.1, 0.15) is 12.7 Å². The van der Waals surface area contributed by atoms with Crippen LogP contribution in [0, 0.1) is 5.92 Å². The molecule has 106 valence electrons. The molecule has 3 rings (SSSR count). The van der Waals surface area contributed by atoms with Crippen molar-refractivity contribution in [1.82, 2.24) is 15.0 Å². The number of hydrogen-bond acceptors (Lipinski definition) is 5. The number of likely N-dealkylation sites (tertiary alicyclic amines) is 1. The Kier molecular flexibility index (Phi) is 3.74. The Labute approximate surface area is 122 Å². The first-order valence-electron chi connectivity index (χ1n) is 6.68. The molecule has 0 aliphatic carbocycles. The van der Waals surface area contributed by atoms with Gasteiger partial charge in [-0.25, -0.2) is 0 Å². The maximum atomic E-state index is 6.01. The summed E-state index contributed by atoms with van der Waals surface area (Å²) in [4.78, 5) is 6.68. The summed E-state index contributed by atoms with van der Waals surface area (Å²) < 4.78 is 5.29. The molecule has 1 aromatic carbocycles. The molecule has 2 N–H and O–H groups in total. The van der Waals surface area contributed by atoms with E-state index in [0.29, 0.717) is 29.2 Å². The summed E-state index contributed by atoms with van der Waals surface area (Å²) in [6.07, 6.45) is 0. The fourth-order valence-electron chi connectivity index (χ4n) is 2.45. The van der Waals surface area contributed by atoms with Crippen LogP contribution in [0.15, 0.2) is 28.8 Å². The second-order valence-electron chi connectivity index (χ2n) is 5.36. The highest BCUT2D eigenvalue weighted by atomic mass is 35.5. The number of rotatable bonds is 3. The molecule has 1 aliphatic heterocycles. The van der Waals surface area contributed by atoms with Crippen molar-refractivity contribution in [3.8, 4) is 11.5 Å². The van der Waals surface area contributed by atoms with Crippen molar-refractivity contribution in [1.29, 1.82) is 0 Å². The molecule has 6 heteroatoms. The van der Waals surface area contributed by atoms with Crippen LogP contribution in [-0.2, 0) is 6.54 Å². The van der Waals surface area contributed by atoms with Crippen LogP contribution in [0.25, 0.3) is 11.5 Å². The van der Waals surface area contributed by atoms with Crippen LogP contribution in [0.5, 0.6) is 0 Å². The zero-order valence-corrected chi connectivity index (χ0v) is 12.0. The molecule has 1 fully saturated rings. The van der Waals surface area contributed by atoms with Gasteiger partial charge in [-0.3, -0.25) is 4.90 Å². The quantitative estimate of drug-likeness (QED) is 0.939. The van der Waals surface area contributed by atoms with Crippen molar-refractivity contribution >= 4 is 11.6 Å². The molecule has 2 aromatic rings. The Morgan fingerprint density at radius 1 is 1.35 bits per heavy atom. The fraction of sp³-hybridized carbons (Fsp3) is 0.429. The van der Waals surface area contributed by atoms with E-state index in [1.807, 2.05) is 24.3 Å². The van der Waals surface area contributed by atoms with Crippen LogP contribution >= 0.6 is 11.6 Å². The first kappa shape index (κ1) is 13.5. The van der Waals surface area contributed by atoms with E-state index in [2.05, 4.69) is 22.0 Å². The maximum absolute atomic E-state index is 6.01. The monoisotopic (exact) mass is 292 g/mol. The predicted octanol–water partition coefficient (Wildman–Crippen LogP) is 2.17. The molecule has 0 saturated carbocycles. The van der Waals surface area contributed by atoms with Crippen molar-refractivity contribution in [3.05, 3.63) is 35.1 Å². The molecule has 0 bridgehead atoms. The highest BCUT2D eigenvalue weighted by Gasteiger charge is 2.27. The minimum absolute atomic E-state index is 0.234. The van der Waals surface area contributed by atoms with Gasteiger partial charge in [0.25, 0.3) is 5.89 Å². The number of benzene rings is 1. The zero-order chi connectivity index (χ0) is 14.1. The molecule has 5 nitrogen and oxygen atoms in total. The maximum Gasteiger partial charge on any atom is 0.257 e. The Morgan fingerprint density at radius 3 is 2.75 bits per heavy atom. The van der Waals surface area contributed by atoms with Gasteiger partial charge in [0.2, 0.25) is 0 Å². The minimum Gasteiger partial charge on any atom is -0.334 e. The standard InChI is InChI=1S/C14H17ClN4O/c1-9-6-19(7-12(9)16)8-13-17-14(20-18-13)10-2-4-11(15)5-3-10/h2-5,9,12H,6-8,16H2,1H3. The lowest BCUT2D eigenvalue weighted by molar-refractivity contribution is 0.302. The van der Waals surface area contributed by atoms with E-state index in [9.17, 15) is 0 Å². The van der Waals surface area contributed by atoms with Gasteiger partial charge in [0.15, 0.2) is 5.82 Å². The third kappa shape index (κ3) is 2.85. The SMILES string of the molecule is CC1CN(Cc2noc(-c3ccc(Cl)cc3)n2)CC1N. The molecule has 1 aromatic heterocycles. The van der Waals surface area contributed by atoms with Gasteiger partial charge in [0, 0.05) is 29.7 Å². The summed E-state index contributed by atoms with van der Waals surface area (Å²) in [6, 6.07) is 7.59. The Balaban J connectivity index is 1.69. The molecule has 0 spiro atoms. The summed E-state index contributed by atoms with van der Waals surface area (Å²) in [6.45, 7) is 4.70. The minimum atomic E-state index is 0.234. The van der Waals surface area contributed by atoms with Gasteiger partial charge in [0.05, 0.1) is 6.54 Å². The van der Waals surface area contributed by atoms with Gasteiger partial charge in [-0.15, -0.1) is 0 Å². The van der Waals surface area contributed by atoms with Gasteiger partial charge >= 0.3 is 0 Å². The molecular formula is C14H17ClN4O. The highest BCUT2D eigenvalue weighted by molar-refractivity contribution is 6.30. The molecular weight excluding hydrogens is 276 g/mol. The van der Waals surface area contributed by atoms with Crippen molar-refractivity contribution < 1.29 is 4.52 Å². The summed E-state index contributed by atoms with van der Waals surface area (Å²) in [5.41, 5.74) is 6.89. The number of nitrogens with zero attached hydrogens (tertiary/aromatic N) is 3. The zero-order valence-electron chi connectivity index (χ0n) is 11.3. The van der Waals surface area contributed by atoms with E-state index in [0.717, 1.165) is 18.7 Å². The fourth-order valence-corrected chi connectivity index (χ4v) is 2.58. The van der Waals surface area contributed by atoms with Gasteiger partial charge in [-0.05, 0) is 30.2 Å². The smallest absolute Gasteiger partial charge is 0.257 e. The molecule has 0 radical (unpaired) electrons. The van der Waals surface area contributed by atoms with Crippen LogP contribution in [0.2, 0.25) is 5.02 Å². The van der Waals surface area contributed by atoms with E-state index < -0.39 is 0 Å². The largest absolute Gasteiger partial charge is 0.334 e. The van der Waals surface area contributed by atoms with Crippen LogP contribution in [0.3, 0.4) is 0 Å². The lowest BCUT2D eigenvalue weighted by Gasteiger charge is -2.11. The van der Waals surface area contributed by atoms with E-state index in [-0.39, 0.29) is 6.04 Å². The third-order valence-corrected chi connectivity index (χ3v) is 3.92. The van der Waals surface area contributed by atoms with Crippen LogP contribution in [0.4, 0.5) is 0 Å². The lowest BCUT2D eigenvalue weighted by Crippen LogP contribution is -2.28. The second-order valence-corrected chi connectivity index (χ2v) is 5.79. The molecule has 1 saturated heterocycles. The van der Waals surface area contributed by atoms with E-state index in [1.165, 1.54) is 0 Å². The summed E-state index contributed by atoms with van der Waals surface area (Å²) in [5, 5.41) is 4.72. The first-order chi connectivity index (χ1) is 9.61. The van der Waals surface area contributed by atoms with E-state index in [4.69, 9.17) is 21.9 Å². The number of aromatic nitrogens is 2. The summed E-state index contributed by atoms with van der Waals surface area (Å²) in [5.74, 6) is 1.72. The van der Waals surface area contributed by atoms with Crippen molar-refractivity contribution in [2.75, 3.05) is 13.1 Å². The van der Waals surface area contributed by atoms with Gasteiger partial charge in [-0.2, -0.15) is 4.98 Å². The van der Waals surface area contributed by atoms with Crippen LogP contribution < -0.4 is 5.73 Å². The number of hydrogen-bond donors (Lipinski definition) is 1. The van der Waals surface area contributed by atoms with Gasteiger partial charge in [-0.1, -0.05) is 23.7 Å². The lowest BCUT2D eigenvalue weighted by atomic mass is 10.1. The Morgan fingerprint density at radius 2 is 2.10 bits per heavy atom. The molecule has 2 unspecified atom stereocenters. The predicted molar refractivity (Wildman–Crippen MR) is 77.2 cm³/mol. The molecule has 2 atom stereocenters. The summed E-state index contributed by atoms with van der Waals surface area (Å²) in [7, 11) is 0. The van der Waals surface area contributed by atoms with Gasteiger partial charge < -0.3 is 10.3 Å². The topological polar surface area (TPSA) is 68.2 Å². The number of nitrogens with two attached hydrogens (primary N) is 1. The molecule has 20 heavy (non-hydrogen) atoms. The number of halogens is 1. The normalized spacial score (nSPS) is 23.4. The van der Waals surface area contributed by atoms with Gasteiger partial charge in [0.1, 0.15) is 0 Å². The van der Waals surface area contributed by atoms with Crippen LogP contribution in [-0.4, -0.2) is 34.2 Å². The molecule has 2 heterocycles. The molecule has 0 amide bonds. The Bertz CT molecular complexity index is 573.